The number of hydrogen-bond donors (Lipinski definition) is 1. The summed E-state index contributed by atoms with van der Waals surface area (Å²) in [5.74, 6) is 0.0196. The second-order valence-electron chi connectivity index (χ2n) is 6.77. The van der Waals surface area contributed by atoms with E-state index in [2.05, 4.69) is 10.2 Å². The average Bonchev–Trinajstić information content (AvgIpc) is 3.01. The molecule has 1 N–H and O–H groups in total. The quantitative estimate of drug-likeness (QED) is 0.896. The molecule has 136 valence electrons. The maximum Gasteiger partial charge on any atom is 0.243 e. The molecule has 0 aromatic heterocycles. The summed E-state index contributed by atoms with van der Waals surface area (Å²) in [6.07, 6.45) is 0.408. The Balaban J connectivity index is 1.47. The fourth-order valence-electron chi connectivity index (χ4n) is 3.46. The van der Waals surface area contributed by atoms with Crippen LogP contribution >= 0.6 is 0 Å². The minimum Gasteiger partial charge on any atom is -0.369 e. The number of carbonyl (C=O) groups is 1. The molecule has 0 aliphatic carbocycles. The Bertz CT molecular complexity index is 946. The van der Waals surface area contributed by atoms with Crippen LogP contribution in [0.25, 0.3) is 0 Å². The molecule has 2 heterocycles. The van der Waals surface area contributed by atoms with Crippen LogP contribution in [0, 0.1) is 6.92 Å². The van der Waals surface area contributed by atoms with Crippen LogP contribution in [0.5, 0.6) is 0 Å². The standard InChI is InChI=1S/C19H21N3O3S/c1-14-2-5-17(6-3-14)26(24,25)22-10-8-21(9-11-22)16-4-7-18-15(12-16)13-19(23)20-18/h2-7,12H,8-11,13H2,1H3,(H,20,23). The van der Waals surface area contributed by atoms with Crippen LogP contribution in [0.15, 0.2) is 47.4 Å². The van der Waals surface area contributed by atoms with Gasteiger partial charge in [-0.25, -0.2) is 8.42 Å². The maximum absolute atomic E-state index is 12.8. The number of sulfonamides is 1. The van der Waals surface area contributed by atoms with Crippen molar-refractivity contribution in [1.82, 2.24) is 4.31 Å². The number of piperazine rings is 1. The highest BCUT2D eigenvalue weighted by Gasteiger charge is 2.29. The van der Waals surface area contributed by atoms with Crippen LogP contribution in [0.3, 0.4) is 0 Å². The molecule has 0 unspecified atom stereocenters. The van der Waals surface area contributed by atoms with Crippen molar-refractivity contribution in [1.29, 1.82) is 0 Å². The van der Waals surface area contributed by atoms with Crippen molar-refractivity contribution in [3.8, 4) is 0 Å². The molecule has 0 atom stereocenters. The summed E-state index contributed by atoms with van der Waals surface area (Å²) >= 11 is 0. The van der Waals surface area contributed by atoms with Crippen LogP contribution in [-0.4, -0.2) is 44.8 Å². The molecule has 2 aliphatic rings. The van der Waals surface area contributed by atoms with Crippen LogP contribution < -0.4 is 10.2 Å². The lowest BCUT2D eigenvalue weighted by Gasteiger charge is -2.35. The van der Waals surface area contributed by atoms with Gasteiger partial charge in [0.1, 0.15) is 0 Å². The van der Waals surface area contributed by atoms with Crippen molar-refractivity contribution in [2.45, 2.75) is 18.2 Å². The number of fused-ring (bicyclic) bond motifs is 1. The van der Waals surface area contributed by atoms with Gasteiger partial charge in [0, 0.05) is 37.6 Å². The Labute approximate surface area is 153 Å². The van der Waals surface area contributed by atoms with E-state index in [0.29, 0.717) is 37.5 Å². The Morgan fingerprint density at radius 2 is 1.65 bits per heavy atom. The van der Waals surface area contributed by atoms with Gasteiger partial charge >= 0.3 is 0 Å². The molecular formula is C19H21N3O3S. The molecule has 0 radical (unpaired) electrons. The number of amides is 1. The van der Waals surface area contributed by atoms with Crippen molar-refractivity contribution >= 4 is 27.3 Å². The zero-order chi connectivity index (χ0) is 18.3. The van der Waals surface area contributed by atoms with E-state index in [1.807, 2.05) is 37.3 Å². The number of aryl methyl sites for hydroxylation is 1. The minimum atomic E-state index is -3.45. The van der Waals surface area contributed by atoms with Crippen molar-refractivity contribution < 1.29 is 13.2 Å². The molecule has 7 heteroatoms. The third-order valence-electron chi connectivity index (χ3n) is 4.98. The highest BCUT2D eigenvalue weighted by Crippen LogP contribution is 2.29. The number of nitrogens with zero attached hydrogens (tertiary/aromatic N) is 2. The molecule has 2 aliphatic heterocycles. The summed E-state index contributed by atoms with van der Waals surface area (Å²) in [6, 6.07) is 12.9. The zero-order valence-electron chi connectivity index (χ0n) is 14.6. The molecule has 1 amide bonds. The van der Waals surface area contributed by atoms with Gasteiger partial charge in [0.05, 0.1) is 11.3 Å². The second kappa shape index (κ2) is 6.41. The van der Waals surface area contributed by atoms with Gasteiger partial charge in [0.25, 0.3) is 0 Å². The monoisotopic (exact) mass is 371 g/mol. The van der Waals surface area contributed by atoms with Gasteiger partial charge in [-0.05, 0) is 42.8 Å². The lowest BCUT2D eigenvalue weighted by atomic mass is 10.1. The summed E-state index contributed by atoms with van der Waals surface area (Å²) in [5.41, 5.74) is 3.95. The molecule has 2 aromatic carbocycles. The fraction of sp³-hybridized carbons (Fsp3) is 0.316. The van der Waals surface area contributed by atoms with Crippen LogP contribution in [0.2, 0.25) is 0 Å². The summed E-state index contributed by atoms with van der Waals surface area (Å²) in [4.78, 5) is 14.0. The highest BCUT2D eigenvalue weighted by molar-refractivity contribution is 7.89. The first-order chi connectivity index (χ1) is 12.4. The first-order valence-electron chi connectivity index (χ1n) is 8.68. The first kappa shape index (κ1) is 17.1. The van der Waals surface area contributed by atoms with E-state index in [4.69, 9.17) is 0 Å². The Morgan fingerprint density at radius 1 is 0.962 bits per heavy atom. The average molecular weight is 371 g/mol. The van der Waals surface area contributed by atoms with E-state index >= 15 is 0 Å². The summed E-state index contributed by atoms with van der Waals surface area (Å²) in [6.45, 7) is 4.10. The van der Waals surface area contributed by atoms with E-state index in [9.17, 15) is 13.2 Å². The van der Waals surface area contributed by atoms with Crippen molar-refractivity contribution in [3.05, 3.63) is 53.6 Å². The molecule has 26 heavy (non-hydrogen) atoms. The van der Waals surface area contributed by atoms with Gasteiger partial charge in [-0.15, -0.1) is 0 Å². The lowest BCUT2D eigenvalue weighted by Crippen LogP contribution is -2.48. The number of benzene rings is 2. The number of hydrogen-bond acceptors (Lipinski definition) is 4. The van der Waals surface area contributed by atoms with Crippen LogP contribution in [0.1, 0.15) is 11.1 Å². The number of rotatable bonds is 3. The van der Waals surface area contributed by atoms with Crippen molar-refractivity contribution in [2.75, 3.05) is 36.4 Å². The van der Waals surface area contributed by atoms with E-state index in [-0.39, 0.29) is 5.91 Å². The third kappa shape index (κ3) is 3.08. The number of anilines is 2. The molecular weight excluding hydrogens is 350 g/mol. The molecule has 1 saturated heterocycles. The summed E-state index contributed by atoms with van der Waals surface area (Å²) < 4.78 is 27.1. The van der Waals surface area contributed by atoms with E-state index in [0.717, 1.165) is 22.5 Å². The molecule has 6 nitrogen and oxygen atoms in total. The third-order valence-corrected chi connectivity index (χ3v) is 6.89. The van der Waals surface area contributed by atoms with Gasteiger partial charge < -0.3 is 10.2 Å². The lowest BCUT2D eigenvalue weighted by molar-refractivity contribution is -0.115. The normalized spacial score (nSPS) is 17.9. The molecule has 1 fully saturated rings. The number of carbonyl (C=O) groups excluding carboxylic acids is 1. The zero-order valence-corrected chi connectivity index (χ0v) is 15.4. The molecule has 0 bridgehead atoms. The maximum atomic E-state index is 12.8. The number of nitrogens with one attached hydrogen (secondary N) is 1. The molecule has 2 aromatic rings. The second-order valence-corrected chi connectivity index (χ2v) is 8.71. The van der Waals surface area contributed by atoms with Crippen molar-refractivity contribution in [2.24, 2.45) is 0 Å². The predicted octanol–water partition coefficient (Wildman–Crippen LogP) is 2.00. The molecule has 4 rings (SSSR count). The molecule has 0 spiro atoms. The van der Waals surface area contributed by atoms with Gasteiger partial charge in [-0.1, -0.05) is 17.7 Å². The Hall–Kier alpha value is -2.38. The Kier molecular flexibility index (Phi) is 4.20. The largest absolute Gasteiger partial charge is 0.369 e. The van der Waals surface area contributed by atoms with Crippen LogP contribution in [-0.2, 0) is 21.2 Å². The summed E-state index contributed by atoms with van der Waals surface area (Å²) in [7, 11) is -3.45. The smallest absolute Gasteiger partial charge is 0.243 e. The van der Waals surface area contributed by atoms with E-state index < -0.39 is 10.0 Å². The first-order valence-corrected chi connectivity index (χ1v) is 10.1. The summed E-state index contributed by atoms with van der Waals surface area (Å²) in [5, 5.41) is 2.83. The van der Waals surface area contributed by atoms with Gasteiger partial charge in [-0.3, -0.25) is 4.79 Å². The SMILES string of the molecule is Cc1ccc(S(=O)(=O)N2CCN(c3ccc4c(c3)CC(=O)N4)CC2)cc1. The highest BCUT2D eigenvalue weighted by atomic mass is 32.2. The van der Waals surface area contributed by atoms with Gasteiger partial charge in [0.15, 0.2) is 0 Å². The fourth-order valence-corrected chi connectivity index (χ4v) is 4.88. The van der Waals surface area contributed by atoms with Crippen molar-refractivity contribution in [3.63, 3.8) is 0 Å². The van der Waals surface area contributed by atoms with E-state index in [1.54, 1.807) is 16.4 Å². The van der Waals surface area contributed by atoms with Gasteiger partial charge in [-0.2, -0.15) is 4.31 Å². The van der Waals surface area contributed by atoms with E-state index in [1.165, 1.54) is 0 Å². The topological polar surface area (TPSA) is 69.7 Å². The minimum absolute atomic E-state index is 0.0196. The molecule has 0 saturated carbocycles. The predicted molar refractivity (Wildman–Crippen MR) is 101 cm³/mol. The Morgan fingerprint density at radius 3 is 2.35 bits per heavy atom. The van der Waals surface area contributed by atoms with Gasteiger partial charge in [0.2, 0.25) is 15.9 Å². The van der Waals surface area contributed by atoms with Crippen LogP contribution in [0.4, 0.5) is 11.4 Å².